The maximum atomic E-state index is 5.55. The molecule has 0 heterocycles. The lowest BCUT2D eigenvalue weighted by molar-refractivity contribution is 0.230. The van der Waals surface area contributed by atoms with Gasteiger partial charge in [-0.2, -0.15) is 0 Å². The first kappa shape index (κ1) is 12.7. The van der Waals surface area contributed by atoms with Crippen LogP contribution in [-0.2, 0) is 0 Å². The minimum Gasteiger partial charge on any atom is -0.271 e. The summed E-state index contributed by atoms with van der Waals surface area (Å²) < 4.78 is 0. The van der Waals surface area contributed by atoms with Crippen molar-refractivity contribution in [2.24, 2.45) is 11.3 Å². The zero-order valence-corrected chi connectivity index (χ0v) is 9.48. The molecule has 0 aromatic rings. The van der Waals surface area contributed by atoms with Gasteiger partial charge in [0.25, 0.3) is 0 Å². The standard InChI is InChI=1S/C11H24N2/c1-6-9(3)8-10(13-12)11(4,5)7-2/h10,13H,3,6-8,12H2,1-2,4-5H3. The fourth-order valence-corrected chi connectivity index (χ4v) is 1.24. The molecule has 1 unspecified atom stereocenters. The van der Waals surface area contributed by atoms with E-state index < -0.39 is 0 Å². The van der Waals surface area contributed by atoms with Crippen LogP contribution in [0.2, 0.25) is 0 Å². The fraction of sp³-hybridized carbons (Fsp3) is 0.818. The predicted molar refractivity (Wildman–Crippen MR) is 59.2 cm³/mol. The van der Waals surface area contributed by atoms with Crippen LogP contribution in [0.4, 0.5) is 0 Å². The van der Waals surface area contributed by atoms with Gasteiger partial charge in [0.05, 0.1) is 0 Å². The number of hydrogen-bond donors (Lipinski definition) is 2. The first-order valence-corrected chi connectivity index (χ1v) is 5.10. The molecular formula is C11H24N2. The number of nitrogens with two attached hydrogens (primary N) is 1. The van der Waals surface area contributed by atoms with Crippen LogP contribution in [0.5, 0.6) is 0 Å². The molecule has 13 heavy (non-hydrogen) atoms. The molecule has 0 saturated carbocycles. The number of hydrogen-bond acceptors (Lipinski definition) is 2. The Kier molecular flexibility index (Phi) is 5.26. The summed E-state index contributed by atoms with van der Waals surface area (Å²) in [6, 6.07) is 0.338. The first-order chi connectivity index (χ1) is 5.97. The van der Waals surface area contributed by atoms with E-state index in [9.17, 15) is 0 Å². The normalized spacial score (nSPS) is 14.2. The van der Waals surface area contributed by atoms with Crippen LogP contribution in [0.1, 0.15) is 47.0 Å². The molecule has 0 bridgehead atoms. The number of rotatable bonds is 6. The highest BCUT2D eigenvalue weighted by molar-refractivity contribution is 4.99. The van der Waals surface area contributed by atoms with Crippen molar-refractivity contribution in [2.45, 2.75) is 53.0 Å². The van der Waals surface area contributed by atoms with Crippen molar-refractivity contribution >= 4 is 0 Å². The van der Waals surface area contributed by atoms with E-state index >= 15 is 0 Å². The maximum absolute atomic E-state index is 5.55. The highest BCUT2D eigenvalue weighted by Gasteiger charge is 2.26. The van der Waals surface area contributed by atoms with Crippen molar-refractivity contribution in [2.75, 3.05) is 0 Å². The molecule has 0 aliphatic rings. The van der Waals surface area contributed by atoms with Crippen LogP contribution in [-0.4, -0.2) is 6.04 Å². The molecule has 0 spiro atoms. The lowest BCUT2D eigenvalue weighted by Crippen LogP contribution is -2.45. The van der Waals surface area contributed by atoms with Crippen molar-refractivity contribution in [3.05, 3.63) is 12.2 Å². The lowest BCUT2D eigenvalue weighted by Gasteiger charge is -2.33. The molecule has 0 saturated heterocycles. The summed E-state index contributed by atoms with van der Waals surface area (Å²) >= 11 is 0. The predicted octanol–water partition coefficient (Wildman–Crippen LogP) is 2.61. The molecule has 0 amide bonds. The van der Waals surface area contributed by atoms with Crippen LogP contribution < -0.4 is 11.3 Å². The zero-order chi connectivity index (χ0) is 10.5. The average Bonchev–Trinajstić information content (AvgIpc) is 2.13. The summed E-state index contributed by atoms with van der Waals surface area (Å²) in [5, 5.41) is 0. The van der Waals surface area contributed by atoms with Crippen LogP contribution in [0.3, 0.4) is 0 Å². The Balaban J connectivity index is 4.25. The molecule has 0 radical (unpaired) electrons. The summed E-state index contributed by atoms with van der Waals surface area (Å²) in [5.74, 6) is 5.55. The third-order valence-electron chi connectivity index (χ3n) is 3.05. The van der Waals surface area contributed by atoms with Gasteiger partial charge in [-0.3, -0.25) is 11.3 Å². The van der Waals surface area contributed by atoms with E-state index in [-0.39, 0.29) is 5.41 Å². The molecule has 0 aliphatic carbocycles. The Morgan fingerprint density at radius 2 is 2.00 bits per heavy atom. The first-order valence-electron chi connectivity index (χ1n) is 5.10. The summed E-state index contributed by atoms with van der Waals surface area (Å²) in [5.41, 5.74) is 4.41. The minimum atomic E-state index is 0.243. The van der Waals surface area contributed by atoms with E-state index in [1.807, 2.05) is 0 Å². The third kappa shape index (κ3) is 3.92. The Hall–Kier alpha value is -0.340. The topological polar surface area (TPSA) is 38.0 Å². The Morgan fingerprint density at radius 3 is 2.31 bits per heavy atom. The zero-order valence-electron chi connectivity index (χ0n) is 9.48. The van der Waals surface area contributed by atoms with E-state index in [1.54, 1.807) is 0 Å². The van der Waals surface area contributed by atoms with Gasteiger partial charge in [0.2, 0.25) is 0 Å². The van der Waals surface area contributed by atoms with Gasteiger partial charge in [0.1, 0.15) is 0 Å². The van der Waals surface area contributed by atoms with Crippen molar-refractivity contribution in [3.63, 3.8) is 0 Å². The lowest BCUT2D eigenvalue weighted by atomic mass is 9.79. The van der Waals surface area contributed by atoms with Gasteiger partial charge in [-0.05, 0) is 24.7 Å². The number of hydrazine groups is 1. The molecule has 0 rings (SSSR count). The smallest absolute Gasteiger partial charge is 0.0298 e. The summed E-state index contributed by atoms with van der Waals surface area (Å²) in [7, 11) is 0. The van der Waals surface area contributed by atoms with Gasteiger partial charge in [-0.1, -0.05) is 39.8 Å². The molecule has 1 atom stereocenters. The molecule has 0 fully saturated rings. The minimum absolute atomic E-state index is 0.243. The van der Waals surface area contributed by atoms with Gasteiger partial charge < -0.3 is 0 Å². The summed E-state index contributed by atoms with van der Waals surface area (Å²) in [4.78, 5) is 0. The monoisotopic (exact) mass is 184 g/mol. The maximum Gasteiger partial charge on any atom is 0.0298 e. The summed E-state index contributed by atoms with van der Waals surface area (Å²) in [6.07, 6.45) is 3.14. The molecule has 2 heteroatoms. The van der Waals surface area contributed by atoms with E-state index in [0.29, 0.717) is 6.04 Å². The summed E-state index contributed by atoms with van der Waals surface area (Å²) in [6.45, 7) is 12.8. The van der Waals surface area contributed by atoms with Crippen molar-refractivity contribution in [1.29, 1.82) is 0 Å². The van der Waals surface area contributed by atoms with Crippen molar-refractivity contribution in [3.8, 4) is 0 Å². The van der Waals surface area contributed by atoms with E-state index in [2.05, 4.69) is 39.7 Å². The van der Waals surface area contributed by atoms with Crippen LogP contribution in [0.15, 0.2) is 12.2 Å². The third-order valence-corrected chi connectivity index (χ3v) is 3.05. The van der Waals surface area contributed by atoms with E-state index in [1.165, 1.54) is 5.57 Å². The van der Waals surface area contributed by atoms with Gasteiger partial charge >= 0.3 is 0 Å². The Labute approximate surface area is 82.6 Å². The van der Waals surface area contributed by atoms with Crippen molar-refractivity contribution < 1.29 is 0 Å². The Bertz CT molecular complexity index is 161. The molecule has 0 aliphatic heterocycles. The van der Waals surface area contributed by atoms with Crippen molar-refractivity contribution in [1.82, 2.24) is 5.43 Å². The van der Waals surface area contributed by atoms with Gasteiger partial charge in [0.15, 0.2) is 0 Å². The largest absolute Gasteiger partial charge is 0.271 e. The van der Waals surface area contributed by atoms with Gasteiger partial charge in [0, 0.05) is 6.04 Å². The fourth-order valence-electron chi connectivity index (χ4n) is 1.24. The van der Waals surface area contributed by atoms with E-state index in [4.69, 9.17) is 5.84 Å². The molecule has 2 nitrogen and oxygen atoms in total. The Morgan fingerprint density at radius 1 is 1.46 bits per heavy atom. The van der Waals surface area contributed by atoms with Crippen LogP contribution >= 0.6 is 0 Å². The molecule has 78 valence electrons. The molecule has 3 N–H and O–H groups in total. The highest BCUT2D eigenvalue weighted by atomic mass is 15.2. The number of nitrogens with one attached hydrogen (secondary N) is 1. The second-order valence-electron chi connectivity index (χ2n) is 4.37. The van der Waals surface area contributed by atoms with Gasteiger partial charge in [-0.15, -0.1) is 0 Å². The second kappa shape index (κ2) is 5.40. The van der Waals surface area contributed by atoms with Crippen LogP contribution in [0.25, 0.3) is 0 Å². The quantitative estimate of drug-likeness (QED) is 0.378. The van der Waals surface area contributed by atoms with Crippen LogP contribution in [0, 0.1) is 5.41 Å². The average molecular weight is 184 g/mol. The molecule has 0 aromatic heterocycles. The highest BCUT2D eigenvalue weighted by Crippen LogP contribution is 2.28. The molecule has 0 aromatic carbocycles. The van der Waals surface area contributed by atoms with E-state index in [0.717, 1.165) is 19.3 Å². The van der Waals surface area contributed by atoms with Gasteiger partial charge in [-0.25, -0.2) is 0 Å². The molecular weight excluding hydrogens is 160 g/mol. The SMILES string of the molecule is C=C(CC)CC(NN)C(C)(C)CC. The second-order valence-corrected chi connectivity index (χ2v) is 4.37.